The average Bonchev–Trinajstić information content (AvgIpc) is 3.12. The molecule has 1 aliphatic heterocycles. The molecule has 1 atom stereocenters. The van der Waals surface area contributed by atoms with Crippen LogP contribution in [0.5, 0.6) is 0 Å². The Labute approximate surface area is 140 Å². The lowest BCUT2D eigenvalue weighted by atomic mass is 9.87. The van der Waals surface area contributed by atoms with Crippen molar-refractivity contribution < 1.29 is 0 Å². The summed E-state index contributed by atoms with van der Waals surface area (Å²) in [5.41, 5.74) is 1.47. The van der Waals surface area contributed by atoms with Crippen LogP contribution in [0.3, 0.4) is 0 Å². The predicted molar refractivity (Wildman–Crippen MR) is 95.5 cm³/mol. The Hall–Kier alpha value is -1.61. The normalized spacial score (nSPS) is 18.1. The number of imidazole rings is 1. The van der Waals surface area contributed by atoms with Crippen molar-refractivity contribution >= 4 is 0 Å². The molecule has 0 saturated carbocycles. The number of hydrogen-bond donors (Lipinski definition) is 1. The third kappa shape index (κ3) is 4.93. The van der Waals surface area contributed by atoms with Crippen LogP contribution in [0.2, 0.25) is 0 Å². The van der Waals surface area contributed by atoms with Gasteiger partial charge in [0.05, 0.1) is 0 Å². The average molecular weight is 311 g/mol. The van der Waals surface area contributed by atoms with E-state index in [1.54, 1.807) is 0 Å². The molecule has 3 heteroatoms. The Morgan fingerprint density at radius 3 is 2.70 bits per heavy atom. The molecule has 3 rings (SSSR count). The second-order valence-electron chi connectivity index (χ2n) is 6.99. The summed E-state index contributed by atoms with van der Waals surface area (Å²) >= 11 is 0. The highest BCUT2D eigenvalue weighted by Gasteiger charge is 2.21. The van der Waals surface area contributed by atoms with Crippen molar-refractivity contribution in [2.75, 3.05) is 19.6 Å². The molecule has 1 unspecified atom stereocenters. The minimum absolute atomic E-state index is 0.555. The second kappa shape index (κ2) is 8.30. The van der Waals surface area contributed by atoms with Gasteiger partial charge in [-0.2, -0.15) is 0 Å². The van der Waals surface area contributed by atoms with Gasteiger partial charge in [-0.15, -0.1) is 0 Å². The summed E-state index contributed by atoms with van der Waals surface area (Å²) in [6, 6.07) is 10.9. The zero-order valence-corrected chi connectivity index (χ0v) is 14.2. The zero-order valence-electron chi connectivity index (χ0n) is 14.2. The first-order valence-corrected chi connectivity index (χ1v) is 9.07. The molecule has 1 aromatic carbocycles. The van der Waals surface area contributed by atoms with E-state index in [0.717, 1.165) is 11.7 Å². The molecule has 0 radical (unpaired) electrons. The quantitative estimate of drug-likeness (QED) is 0.829. The number of piperidine rings is 1. The molecule has 3 nitrogen and oxygen atoms in total. The molecule has 0 bridgehead atoms. The molecule has 2 heterocycles. The van der Waals surface area contributed by atoms with Gasteiger partial charge in [0.2, 0.25) is 0 Å². The van der Waals surface area contributed by atoms with Crippen molar-refractivity contribution in [3.8, 4) is 0 Å². The van der Waals surface area contributed by atoms with Crippen LogP contribution in [0.25, 0.3) is 0 Å². The molecular formula is C20H29N3. The first-order valence-electron chi connectivity index (χ1n) is 9.07. The lowest BCUT2D eigenvalue weighted by molar-refractivity contribution is 0.173. The van der Waals surface area contributed by atoms with Crippen molar-refractivity contribution in [2.45, 2.75) is 44.9 Å². The molecule has 2 aromatic rings. The number of rotatable bonds is 7. The van der Waals surface area contributed by atoms with E-state index >= 15 is 0 Å². The van der Waals surface area contributed by atoms with Crippen LogP contribution in [-0.2, 0) is 6.42 Å². The number of aromatic nitrogens is 2. The summed E-state index contributed by atoms with van der Waals surface area (Å²) < 4.78 is 0. The SMILES string of the molecule is CC(CC1CCN(CCCc2ccccc2)CC1)c1ncc[nH]1. The van der Waals surface area contributed by atoms with Gasteiger partial charge in [-0.1, -0.05) is 37.3 Å². The van der Waals surface area contributed by atoms with E-state index in [9.17, 15) is 0 Å². The number of benzene rings is 1. The van der Waals surface area contributed by atoms with Crippen LogP contribution in [0, 0.1) is 5.92 Å². The number of aryl methyl sites for hydroxylation is 1. The smallest absolute Gasteiger partial charge is 0.108 e. The standard InChI is InChI=1S/C20H29N3/c1-17(20-21-11-12-22-20)16-19-9-14-23(15-10-19)13-5-8-18-6-3-2-4-7-18/h2-4,6-7,11-12,17,19H,5,8-10,13-16H2,1H3,(H,21,22). The van der Waals surface area contributed by atoms with Crippen LogP contribution < -0.4 is 0 Å². The number of aromatic amines is 1. The Morgan fingerprint density at radius 1 is 1.22 bits per heavy atom. The van der Waals surface area contributed by atoms with Crippen LogP contribution in [0.1, 0.15) is 49.9 Å². The highest BCUT2D eigenvalue weighted by Crippen LogP contribution is 2.28. The Bertz CT molecular complexity index is 542. The summed E-state index contributed by atoms with van der Waals surface area (Å²) in [6.45, 7) is 6.08. The molecule has 0 aliphatic carbocycles. The minimum Gasteiger partial charge on any atom is -0.348 e. The number of nitrogens with one attached hydrogen (secondary N) is 1. The maximum atomic E-state index is 4.40. The van der Waals surface area contributed by atoms with E-state index in [2.05, 4.69) is 52.1 Å². The number of likely N-dealkylation sites (tertiary alicyclic amines) is 1. The third-order valence-corrected chi connectivity index (χ3v) is 5.16. The second-order valence-corrected chi connectivity index (χ2v) is 6.99. The van der Waals surface area contributed by atoms with Gasteiger partial charge in [0.25, 0.3) is 0 Å². The fourth-order valence-electron chi connectivity index (χ4n) is 3.76. The lowest BCUT2D eigenvalue weighted by Gasteiger charge is -2.32. The largest absolute Gasteiger partial charge is 0.348 e. The molecule has 23 heavy (non-hydrogen) atoms. The monoisotopic (exact) mass is 311 g/mol. The third-order valence-electron chi connectivity index (χ3n) is 5.16. The van der Waals surface area contributed by atoms with Gasteiger partial charge in [-0.05, 0) is 63.2 Å². The summed E-state index contributed by atoms with van der Waals surface area (Å²) in [5.74, 6) is 2.57. The van der Waals surface area contributed by atoms with E-state index in [1.165, 1.54) is 57.3 Å². The van der Waals surface area contributed by atoms with E-state index in [1.807, 2.05) is 12.4 Å². The molecule has 1 fully saturated rings. The van der Waals surface area contributed by atoms with Gasteiger partial charge in [-0.25, -0.2) is 4.98 Å². The van der Waals surface area contributed by atoms with Gasteiger partial charge < -0.3 is 9.88 Å². The van der Waals surface area contributed by atoms with Crippen LogP contribution in [-0.4, -0.2) is 34.5 Å². The summed E-state index contributed by atoms with van der Waals surface area (Å²) in [6.07, 6.45) is 10.2. The van der Waals surface area contributed by atoms with Gasteiger partial charge >= 0.3 is 0 Å². The van der Waals surface area contributed by atoms with Gasteiger partial charge in [0, 0.05) is 18.3 Å². The first-order chi connectivity index (χ1) is 11.3. The maximum Gasteiger partial charge on any atom is 0.108 e. The van der Waals surface area contributed by atoms with E-state index in [-0.39, 0.29) is 0 Å². The molecule has 0 amide bonds. The van der Waals surface area contributed by atoms with Crippen molar-refractivity contribution in [3.05, 3.63) is 54.1 Å². The van der Waals surface area contributed by atoms with Crippen LogP contribution >= 0.6 is 0 Å². The Kier molecular flexibility index (Phi) is 5.87. The highest BCUT2D eigenvalue weighted by atomic mass is 15.1. The number of hydrogen-bond acceptors (Lipinski definition) is 2. The first kappa shape index (κ1) is 16.3. The molecular weight excluding hydrogens is 282 g/mol. The summed E-state index contributed by atoms with van der Waals surface area (Å²) in [5, 5.41) is 0. The van der Waals surface area contributed by atoms with Gasteiger partial charge in [0.1, 0.15) is 5.82 Å². The van der Waals surface area contributed by atoms with Crippen molar-refractivity contribution in [1.82, 2.24) is 14.9 Å². The van der Waals surface area contributed by atoms with E-state index < -0.39 is 0 Å². The Balaban J connectivity index is 1.34. The van der Waals surface area contributed by atoms with Crippen LogP contribution in [0.15, 0.2) is 42.7 Å². The highest BCUT2D eigenvalue weighted by molar-refractivity contribution is 5.14. The molecule has 1 saturated heterocycles. The summed E-state index contributed by atoms with van der Waals surface area (Å²) in [4.78, 5) is 10.3. The van der Waals surface area contributed by atoms with Gasteiger partial charge in [0.15, 0.2) is 0 Å². The fraction of sp³-hybridized carbons (Fsp3) is 0.550. The number of H-pyrrole nitrogens is 1. The van der Waals surface area contributed by atoms with Gasteiger partial charge in [-0.3, -0.25) is 0 Å². The molecule has 1 N–H and O–H groups in total. The molecule has 1 aromatic heterocycles. The predicted octanol–water partition coefficient (Wildman–Crippen LogP) is 4.25. The molecule has 0 spiro atoms. The van der Waals surface area contributed by atoms with E-state index in [4.69, 9.17) is 0 Å². The van der Waals surface area contributed by atoms with E-state index in [0.29, 0.717) is 5.92 Å². The zero-order chi connectivity index (χ0) is 15.9. The Morgan fingerprint density at radius 2 is 2.00 bits per heavy atom. The maximum absolute atomic E-state index is 4.40. The van der Waals surface area contributed by atoms with Crippen molar-refractivity contribution in [3.63, 3.8) is 0 Å². The number of nitrogens with zero attached hydrogens (tertiary/aromatic N) is 2. The molecule has 1 aliphatic rings. The fourth-order valence-corrected chi connectivity index (χ4v) is 3.76. The lowest BCUT2D eigenvalue weighted by Crippen LogP contribution is -2.35. The minimum atomic E-state index is 0.555. The molecule has 124 valence electrons. The topological polar surface area (TPSA) is 31.9 Å². The summed E-state index contributed by atoms with van der Waals surface area (Å²) in [7, 11) is 0. The van der Waals surface area contributed by atoms with Crippen molar-refractivity contribution in [2.24, 2.45) is 5.92 Å². The van der Waals surface area contributed by atoms with Crippen molar-refractivity contribution in [1.29, 1.82) is 0 Å². The van der Waals surface area contributed by atoms with Crippen LogP contribution in [0.4, 0.5) is 0 Å².